The highest BCUT2D eigenvalue weighted by atomic mass is 35.5. The zero-order valence-corrected chi connectivity index (χ0v) is 24.1. The van der Waals surface area contributed by atoms with E-state index in [-0.39, 0.29) is 36.7 Å². The van der Waals surface area contributed by atoms with Crippen LogP contribution in [-0.2, 0) is 22.6 Å². The molecule has 0 unspecified atom stereocenters. The summed E-state index contributed by atoms with van der Waals surface area (Å²) in [6, 6.07) is 28.0. The summed E-state index contributed by atoms with van der Waals surface area (Å²) in [6.07, 6.45) is 1.01. The van der Waals surface area contributed by atoms with Crippen LogP contribution in [0.25, 0.3) is 10.8 Å². The Morgan fingerprint density at radius 2 is 1.61 bits per heavy atom. The predicted molar refractivity (Wildman–Crippen MR) is 164 cm³/mol. The maximum absolute atomic E-state index is 13.9. The number of hydrogen-bond acceptors (Lipinski definition) is 3. The molecule has 0 bridgehead atoms. The molecule has 1 heterocycles. The fraction of sp³-hybridized carbons (Fsp3) is 0.265. The van der Waals surface area contributed by atoms with Gasteiger partial charge < -0.3 is 15.1 Å². The molecule has 4 aromatic carbocycles. The van der Waals surface area contributed by atoms with E-state index >= 15 is 0 Å². The van der Waals surface area contributed by atoms with Gasteiger partial charge in [0.05, 0.1) is 5.69 Å². The number of nitrogens with zero attached hydrogens (tertiary/aromatic N) is 2. The lowest BCUT2D eigenvalue weighted by molar-refractivity contribution is -0.141. The summed E-state index contributed by atoms with van der Waals surface area (Å²) in [5, 5.41) is 5.54. The monoisotopic (exact) mass is 567 g/mol. The minimum Gasteiger partial charge on any atom is -0.352 e. The van der Waals surface area contributed by atoms with Crippen LogP contribution < -0.4 is 10.2 Å². The van der Waals surface area contributed by atoms with Crippen molar-refractivity contribution in [3.05, 3.63) is 113 Å². The first kappa shape index (κ1) is 28.4. The van der Waals surface area contributed by atoms with Gasteiger partial charge in [-0.05, 0) is 55.0 Å². The summed E-state index contributed by atoms with van der Waals surface area (Å²) in [4.78, 5) is 44.1. The van der Waals surface area contributed by atoms with Gasteiger partial charge in [-0.25, -0.2) is 0 Å². The minimum atomic E-state index is -0.727. The highest BCUT2D eigenvalue weighted by Crippen LogP contribution is 2.37. The van der Waals surface area contributed by atoms with Crippen molar-refractivity contribution in [1.29, 1.82) is 0 Å². The Morgan fingerprint density at radius 1 is 0.902 bits per heavy atom. The van der Waals surface area contributed by atoms with Crippen LogP contribution in [0.15, 0.2) is 91.0 Å². The number of carbonyl (C=O) groups is 3. The van der Waals surface area contributed by atoms with Gasteiger partial charge in [0.2, 0.25) is 11.8 Å². The van der Waals surface area contributed by atoms with Crippen LogP contribution in [0.2, 0.25) is 5.02 Å². The molecule has 0 spiro atoms. The van der Waals surface area contributed by atoms with Gasteiger partial charge in [-0.3, -0.25) is 14.4 Å². The Balaban J connectivity index is 1.38. The number of benzene rings is 4. The number of rotatable bonds is 11. The van der Waals surface area contributed by atoms with Crippen LogP contribution in [0.1, 0.15) is 48.2 Å². The van der Waals surface area contributed by atoms with E-state index in [9.17, 15) is 14.4 Å². The van der Waals surface area contributed by atoms with Crippen LogP contribution in [0.3, 0.4) is 0 Å². The third-order valence-corrected chi connectivity index (χ3v) is 7.79. The molecule has 0 saturated carbocycles. The van der Waals surface area contributed by atoms with Crippen molar-refractivity contribution in [2.24, 2.45) is 0 Å². The second-order valence-corrected chi connectivity index (χ2v) is 11.1. The molecule has 1 atom stereocenters. The van der Waals surface area contributed by atoms with Gasteiger partial charge in [0.15, 0.2) is 0 Å². The van der Waals surface area contributed by atoms with Crippen molar-refractivity contribution in [3.63, 3.8) is 0 Å². The lowest BCUT2D eigenvalue weighted by Crippen LogP contribution is -2.51. The number of anilines is 1. The van der Waals surface area contributed by atoms with Crippen molar-refractivity contribution in [2.45, 2.75) is 51.7 Å². The highest BCUT2D eigenvalue weighted by Gasteiger charge is 2.32. The molecular formula is C34H34ClN3O3. The van der Waals surface area contributed by atoms with Gasteiger partial charge in [-0.15, -0.1) is 0 Å². The van der Waals surface area contributed by atoms with Gasteiger partial charge in [0.25, 0.3) is 5.91 Å². The van der Waals surface area contributed by atoms with E-state index in [1.165, 1.54) is 0 Å². The molecule has 1 N–H and O–H groups in total. The molecule has 41 heavy (non-hydrogen) atoms. The summed E-state index contributed by atoms with van der Waals surface area (Å²) >= 11 is 6.51. The maximum Gasteiger partial charge on any atom is 0.258 e. The van der Waals surface area contributed by atoms with E-state index in [2.05, 4.69) is 5.32 Å². The molecule has 7 heteroatoms. The third-order valence-electron chi connectivity index (χ3n) is 7.42. The van der Waals surface area contributed by atoms with Gasteiger partial charge in [0, 0.05) is 47.9 Å². The Labute approximate surface area is 245 Å². The number of hydrogen-bond donors (Lipinski definition) is 1. The maximum atomic E-state index is 13.9. The fourth-order valence-corrected chi connectivity index (χ4v) is 5.67. The average molecular weight is 568 g/mol. The first-order valence-electron chi connectivity index (χ1n) is 14.0. The lowest BCUT2D eigenvalue weighted by atomic mass is 10.0. The van der Waals surface area contributed by atoms with E-state index in [1.54, 1.807) is 15.9 Å². The van der Waals surface area contributed by atoms with E-state index in [0.29, 0.717) is 30.0 Å². The molecule has 5 rings (SSSR count). The molecular weight excluding hydrogens is 534 g/mol. The quantitative estimate of drug-likeness (QED) is 0.228. The summed E-state index contributed by atoms with van der Waals surface area (Å²) in [5.74, 6) is -0.413. The summed E-state index contributed by atoms with van der Waals surface area (Å²) in [5.41, 5.74) is 3.30. The van der Waals surface area contributed by atoms with Crippen molar-refractivity contribution < 1.29 is 14.4 Å². The van der Waals surface area contributed by atoms with E-state index in [1.807, 2.05) is 98.8 Å². The predicted octanol–water partition coefficient (Wildman–Crippen LogP) is 6.40. The van der Waals surface area contributed by atoms with Crippen LogP contribution in [0.4, 0.5) is 5.69 Å². The SMILES string of the molecule is CC(C)NC(=O)[C@@H](Cc1ccccc1)N(Cc1ccccc1Cl)C(=O)CCCN1C(=O)c2cccc3cccc1c23. The van der Waals surface area contributed by atoms with Gasteiger partial charge in [-0.2, -0.15) is 0 Å². The largest absolute Gasteiger partial charge is 0.352 e. The van der Waals surface area contributed by atoms with Crippen LogP contribution in [-0.4, -0.2) is 41.2 Å². The molecule has 210 valence electrons. The van der Waals surface area contributed by atoms with E-state index < -0.39 is 6.04 Å². The summed E-state index contributed by atoms with van der Waals surface area (Å²) < 4.78 is 0. The second-order valence-electron chi connectivity index (χ2n) is 10.7. The molecule has 0 aromatic heterocycles. The first-order chi connectivity index (χ1) is 19.8. The van der Waals surface area contributed by atoms with E-state index in [4.69, 9.17) is 11.6 Å². The van der Waals surface area contributed by atoms with Gasteiger partial charge >= 0.3 is 0 Å². The molecule has 6 nitrogen and oxygen atoms in total. The zero-order valence-electron chi connectivity index (χ0n) is 23.3. The Kier molecular flexibility index (Phi) is 8.70. The number of halogens is 1. The summed E-state index contributed by atoms with van der Waals surface area (Å²) in [7, 11) is 0. The Hall–Kier alpha value is -4.16. The van der Waals surface area contributed by atoms with Gasteiger partial charge in [0.1, 0.15) is 6.04 Å². The normalized spacial score (nSPS) is 13.1. The molecule has 3 amide bonds. The van der Waals surface area contributed by atoms with Gasteiger partial charge in [-0.1, -0.05) is 84.4 Å². The first-order valence-corrected chi connectivity index (χ1v) is 14.4. The van der Waals surface area contributed by atoms with Crippen molar-refractivity contribution in [2.75, 3.05) is 11.4 Å². The number of carbonyl (C=O) groups excluding carboxylic acids is 3. The fourth-order valence-electron chi connectivity index (χ4n) is 5.48. The molecule has 0 radical (unpaired) electrons. The molecule has 0 aliphatic carbocycles. The van der Waals surface area contributed by atoms with Crippen molar-refractivity contribution in [3.8, 4) is 0 Å². The van der Waals surface area contributed by atoms with E-state index in [0.717, 1.165) is 27.6 Å². The minimum absolute atomic E-state index is 0.0459. The third kappa shape index (κ3) is 6.28. The van der Waals surface area contributed by atoms with Crippen LogP contribution in [0, 0.1) is 0 Å². The molecule has 1 aliphatic rings. The Morgan fingerprint density at radius 3 is 2.34 bits per heavy atom. The van der Waals surface area contributed by atoms with Crippen molar-refractivity contribution in [1.82, 2.24) is 10.2 Å². The Bertz CT molecular complexity index is 1570. The standard InChI is InChI=1S/C34H34ClN3O3/c1-23(2)36-33(40)30(21-24-11-4-3-5-12-24)38(22-26-13-6-7-17-28(26)35)31(39)19-10-20-37-29-18-9-15-25-14-8-16-27(32(25)29)34(37)41/h3-9,11-18,23,30H,10,19-22H2,1-2H3,(H,36,40)/t30-/m1/s1. The average Bonchev–Trinajstić information content (AvgIpc) is 3.24. The molecule has 0 saturated heterocycles. The number of amides is 3. The smallest absolute Gasteiger partial charge is 0.258 e. The molecule has 1 aliphatic heterocycles. The van der Waals surface area contributed by atoms with Crippen LogP contribution in [0.5, 0.6) is 0 Å². The number of nitrogens with one attached hydrogen (secondary N) is 1. The zero-order chi connectivity index (χ0) is 28.9. The topological polar surface area (TPSA) is 69.7 Å². The second kappa shape index (κ2) is 12.6. The van der Waals surface area contributed by atoms with Crippen molar-refractivity contribution >= 4 is 45.8 Å². The molecule has 4 aromatic rings. The lowest BCUT2D eigenvalue weighted by Gasteiger charge is -2.32. The highest BCUT2D eigenvalue weighted by molar-refractivity contribution is 6.31. The molecule has 0 fully saturated rings. The summed E-state index contributed by atoms with van der Waals surface area (Å²) in [6.45, 7) is 4.42. The van der Waals surface area contributed by atoms with Crippen LogP contribution >= 0.6 is 11.6 Å².